The average Bonchev–Trinajstić information content (AvgIpc) is 2.16. The molecule has 0 saturated heterocycles. The quantitative estimate of drug-likeness (QED) is 0.412. The van der Waals surface area contributed by atoms with Gasteiger partial charge in [0.25, 0.3) is 0 Å². The summed E-state index contributed by atoms with van der Waals surface area (Å²) in [5.74, 6) is 0. The normalized spacial score (nSPS) is 11.3. The third-order valence-corrected chi connectivity index (χ3v) is 6.70. The molecule has 0 unspecified atom stereocenters. The van der Waals surface area contributed by atoms with Gasteiger partial charge in [-0.25, -0.2) is 0 Å². The first-order chi connectivity index (χ1) is 6.74. The van der Waals surface area contributed by atoms with Crippen LogP contribution >= 0.6 is 0 Å². The Hall–Kier alpha value is -0.343. The molecule has 0 aliphatic rings. The molecule has 0 spiro atoms. The Bertz CT molecular complexity index is 156. The highest BCUT2D eigenvalue weighted by Gasteiger charge is 2.30. The van der Waals surface area contributed by atoms with Gasteiger partial charge in [-0.05, 0) is 25.1 Å². The van der Waals surface area contributed by atoms with Crippen molar-refractivity contribution in [3.8, 4) is 0 Å². The molecule has 0 N–H and O–H groups in total. The average molecular weight is 212 g/mol. The van der Waals surface area contributed by atoms with E-state index in [9.17, 15) is 0 Å². The zero-order valence-electron chi connectivity index (χ0n) is 9.72. The Morgan fingerprint density at radius 3 is 2.07 bits per heavy atom. The Balaban J connectivity index is 4.35. The van der Waals surface area contributed by atoms with E-state index >= 15 is 0 Å². The van der Waals surface area contributed by atoms with E-state index in [0.29, 0.717) is 0 Å². The summed E-state index contributed by atoms with van der Waals surface area (Å²) in [6, 6.07) is 3.37. The molecule has 1 nitrogen and oxygen atoms in total. The maximum atomic E-state index is 6.01. The van der Waals surface area contributed by atoms with Crippen LogP contribution in [-0.4, -0.2) is 14.9 Å². The Labute approximate surface area is 90.0 Å². The topological polar surface area (TPSA) is 9.23 Å². The molecule has 0 rings (SSSR count). The van der Waals surface area contributed by atoms with E-state index in [-0.39, 0.29) is 0 Å². The van der Waals surface area contributed by atoms with Crippen LogP contribution < -0.4 is 0 Å². The highest BCUT2D eigenvalue weighted by Crippen LogP contribution is 2.25. The molecule has 2 heteroatoms. The number of allylic oxidation sites excluding steroid dienone is 2. The fourth-order valence-corrected chi connectivity index (χ4v) is 5.43. The smallest absolute Gasteiger partial charge is 0.200 e. The number of rotatable bonds is 9. The molecule has 82 valence electrons. The van der Waals surface area contributed by atoms with E-state index in [1.807, 2.05) is 12.2 Å². The molecular formula is C12H24OSi. The maximum absolute atomic E-state index is 6.01. The lowest BCUT2D eigenvalue weighted by molar-refractivity contribution is 0.322. The molecule has 0 aromatic rings. The number of hydrogen-bond donors (Lipinski definition) is 0. The first-order valence-corrected chi connectivity index (χ1v) is 8.13. The van der Waals surface area contributed by atoms with E-state index in [1.54, 1.807) is 0 Å². The molecule has 0 aliphatic heterocycles. The molecule has 0 bridgehead atoms. The summed E-state index contributed by atoms with van der Waals surface area (Å²) >= 11 is 0. The molecular weight excluding hydrogens is 188 g/mol. The van der Waals surface area contributed by atoms with Crippen molar-refractivity contribution < 1.29 is 4.43 Å². The molecule has 14 heavy (non-hydrogen) atoms. The van der Waals surface area contributed by atoms with Gasteiger partial charge in [0.1, 0.15) is 0 Å². The SMILES string of the molecule is C=CC[Si](CC=C)(CCCC)OCC. The van der Waals surface area contributed by atoms with E-state index in [0.717, 1.165) is 18.7 Å². The summed E-state index contributed by atoms with van der Waals surface area (Å²) in [5, 5.41) is 0. The first kappa shape index (κ1) is 13.7. The van der Waals surface area contributed by atoms with Crippen molar-refractivity contribution in [3.05, 3.63) is 25.3 Å². The van der Waals surface area contributed by atoms with Crippen LogP contribution in [0.5, 0.6) is 0 Å². The molecule has 0 radical (unpaired) electrons. The highest BCUT2D eigenvalue weighted by molar-refractivity contribution is 6.74. The lowest BCUT2D eigenvalue weighted by Gasteiger charge is -2.29. The molecule has 0 amide bonds. The Kier molecular flexibility index (Phi) is 7.81. The van der Waals surface area contributed by atoms with Gasteiger partial charge in [-0.3, -0.25) is 0 Å². The highest BCUT2D eigenvalue weighted by atomic mass is 28.4. The monoisotopic (exact) mass is 212 g/mol. The zero-order chi connectivity index (χ0) is 10.9. The molecule has 0 aromatic carbocycles. The minimum atomic E-state index is -1.55. The lowest BCUT2D eigenvalue weighted by atomic mass is 10.4. The summed E-state index contributed by atoms with van der Waals surface area (Å²) < 4.78 is 6.01. The molecule has 0 aliphatic carbocycles. The number of unbranched alkanes of at least 4 members (excludes halogenated alkanes) is 1. The van der Waals surface area contributed by atoms with Gasteiger partial charge >= 0.3 is 0 Å². The minimum absolute atomic E-state index is 0.831. The van der Waals surface area contributed by atoms with Gasteiger partial charge in [0.15, 0.2) is 8.32 Å². The number of hydrogen-bond acceptors (Lipinski definition) is 1. The summed E-state index contributed by atoms with van der Waals surface area (Å²) in [6.45, 7) is 12.8. The van der Waals surface area contributed by atoms with Gasteiger partial charge in [0.2, 0.25) is 0 Å². The molecule has 0 heterocycles. The molecule has 0 atom stereocenters. The van der Waals surface area contributed by atoms with E-state index in [1.165, 1.54) is 18.9 Å². The Morgan fingerprint density at radius 1 is 1.14 bits per heavy atom. The largest absolute Gasteiger partial charge is 0.416 e. The van der Waals surface area contributed by atoms with E-state index < -0.39 is 8.32 Å². The van der Waals surface area contributed by atoms with Crippen molar-refractivity contribution in [2.75, 3.05) is 6.61 Å². The lowest BCUT2D eigenvalue weighted by Crippen LogP contribution is -2.37. The van der Waals surface area contributed by atoms with E-state index in [2.05, 4.69) is 27.0 Å². The van der Waals surface area contributed by atoms with Crippen LogP contribution in [0.1, 0.15) is 26.7 Å². The minimum Gasteiger partial charge on any atom is -0.416 e. The van der Waals surface area contributed by atoms with Gasteiger partial charge in [-0.1, -0.05) is 31.9 Å². The van der Waals surface area contributed by atoms with Gasteiger partial charge in [-0.2, -0.15) is 0 Å². The maximum Gasteiger partial charge on any atom is 0.200 e. The summed E-state index contributed by atoms with van der Waals surface area (Å²) in [7, 11) is -1.55. The van der Waals surface area contributed by atoms with Crippen LogP contribution in [0, 0.1) is 0 Å². The first-order valence-electron chi connectivity index (χ1n) is 5.60. The van der Waals surface area contributed by atoms with E-state index in [4.69, 9.17) is 4.43 Å². The van der Waals surface area contributed by atoms with Gasteiger partial charge < -0.3 is 4.43 Å². The van der Waals surface area contributed by atoms with Gasteiger partial charge in [0, 0.05) is 6.61 Å². The second-order valence-corrected chi connectivity index (χ2v) is 7.68. The van der Waals surface area contributed by atoms with Crippen molar-refractivity contribution in [3.63, 3.8) is 0 Å². The van der Waals surface area contributed by atoms with Crippen LogP contribution in [0.2, 0.25) is 18.1 Å². The standard InChI is InChI=1S/C12H24OSi/c1-5-9-12-14(10-6-2,11-7-3)13-8-4/h6-7H,2-3,5,8-12H2,1,4H3. The van der Waals surface area contributed by atoms with Crippen molar-refractivity contribution in [1.29, 1.82) is 0 Å². The summed E-state index contributed by atoms with van der Waals surface area (Å²) in [5.41, 5.74) is 0. The van der Waals surface area contributed by atoms with Crippen molar-refractivity contribution in [1.82, 2.24) is 0 Å². The van der Waals surface area contributed by atoms with Crippen molar-refractivity contribution in [2.45, 2.75) is 44.8 Å². The second kappa shape index (κ2) is 8.01. The second-order valence-electron chi connectivity index (χ2n) is 3.71. The summed E-state index contributed by atoms with van der Waals surface area (Å²) in [6.07, 6.45) is 6.55. The molecule has 0 saturated carbocycles. The third-order valence-electron chi connectivity index (χ3n) is 2.47. The third kappa shape index (κ3) is 4.77. The fourth-order valence-electron chi connectivity index (χ4n) is 1.81. The molecule has 0 aromatic heterocycles. The van der Waals surface area contributed by atoms with Crippen LogP contribution in [0.4, 0.5) is 0 Å². The predicted octanol–water partition coefficient (Wildman–Crippen LogP) is 4.14. The van der Waals surface area contributed by atoms with Crippen LogP contribution in [0.15, 0.2) is 25.3 Å². The zero-order valence-corrected chi connectivity index (χ0v) is 10.7. The van der Waals surface area contributed by atoms with Crippen LogP contribution in [0.25, 0.3) is 0 Å². The predicted molar refractivity (Wildman–Crippen MR) is 67.1 cm³/mol. The van der Waals surface area contributed by atoms with Crippen molar-refractivity contribution in [2.24, 2.45) is 0 Å². The van der Waals surface area contributed by atoms with Gasteiger partial charge in [-0.15, -0.1) is 13.2 Å². The molecule has 0 fully saturated rings. The van der Waals surface area contributed by atoms with Crippen molar-refractivity contribution >= 4 is 8.32 Å². The Morgan fingerprint density at radius 2 is 1.71 bits per heavy atom. The van der Waals surface area contributed by atoms with Crippen LogP contribution in [0.3, 0.4) is 0 Å². The fraction of sp³-hybridized carbons (Fsp3) is 0.667. The summed E-state index contributed by atoms with van der Waals surface area (Å²) in [4.78, 5) is 0. The van der Waals surface area contributed by atoms with Crippen LogP contribution in [-0.2, 0) is 4.43 Å². The van der Waals surface area contributed by atoms with Gasteiger partial charge in [0.05, 0.1) is 0 Å².